The monoisotopic (exact) mass is 491 g/mol. The maximum atomic E-state index is 10.6. The summed E-state index contributed by atoms with van der Waals surface area (Å²) in [5.41, 5.74) is 6.56. The lowest BCUT2D eigenvalue weighted by Crippen LogP contribution is -2.07. The molecule has 1 aliphatic heterocycles. The number of carbonyl (C=O) groups excluding carboxylic acids is 1. The Hall–Kier alpha value is -3.29. The third-order valence-electron chi connectivity index (χ3n) is 5.57. The number of aliphatic imine (C=N–C) groups is 1. The number of aryl methyl sites for hydroxylation is 3. The predicted octanol–water partition coefficient (Wildman–Crippen LogP) is 6.21. The Morgan fingerprint density at radius 2 is 1.68 bits per heavy atom. The highest BCUT2D eigenvalue weighted by molar-refractivity contribution is 7.15. The van der Waals surface area contributed by atoms with Gasteiger partial charge in [-0.2, -0.15) is 0 Å². The van der Waals surface area contributed by atoms with E-state index >= 15 is 0 Å². The van der Waals surface area contributed by atoms with Gasteiger partial charge in [0.25, 0.3) is 0 Å². The summed E-state index contributed by atoms with van der Waals surface area (Å²) in [4.78, 5) is 16.7. The second-order valence-corrected chi connectivity index (χ2v) is 9.82. The molecule has 5 rings (SSSR count). The van der Waals surface area contributed by atoms with Gasteiger partial charge in [0.2, 0.25) is 5.91 Å². The van der Waals surface area contributed by atoms with Crippen LogP contribution in [0.1, 0.15) is 45.7 Å². The van der Waals surface area contributed by atoms with E-state index in [1.165, 1.54) is 28.5 Å². The van der Waals surface area contributed by atoms with Gasteiger partial charge in [0.05, 0.1) is 5.71 Å². The van der Waals surface area contributed by atoms with E-state index in [1.807, 2.05) is 62.4 Å². The van der Waals surface area contributed by atoms with Crippen LogP contribution in [-0.4, -0.2) is 26.4 Å². The van der Waals surface area contributed by atoms with Crippen LogP contribution in [0.4, 0.5) is 5.69 Å². The van der Waals surface area contributed by atoms with Crippen molar-refractivity contribution in [2.24, 2.45) is 4.99 Å². The van der Waals surface area contributed by atoms with E-state index in [0.717, 1.165) is 38.6 Å². The predicted molar refractivity (Wildman–Crippen MR) is 140 cm³/mol. The Labute approximate surface area is 208 Å². The van der Waals surface area contributed by atoms with Crippen LogP contribution < -0.4 is 5.32 Å². The van der Waals surface area contributed by atoms with Crippen LogP contribution in [0.15, 0.2) is 53.5 Å². The lowest BCUT2D eigenvalue weighted by molar-refractivity contribution is -0.114. The minimum absolute atomic E-state index is 0.0335. The molecule has 1 aliphatic rings. The van der Waals surface area contributed by atoms with Gasteiger partial charge in [-0.25, -0.2) is 0 Å². The highest BCUT2D eigenvalue weighted by Gasteiger charge is 2.26. The van der Waals surface area contributed by atoms with E-state index in [1.54, 1.807) is 11.3 Å². The van der Waals surface area contributed by atoms with Crippen molar-refractivity contribution in [1.29, 1.82) is 0 Å². The molecule has 3 heterocycles. The summed E-state index contributed by atoms with van der Waals surface area (Å²) < 4.78 is 2.13. The van der Waals surface area contributed by atoms with Crippen molar-refractivity contribution >= 4 is 40.2 Å². The topological polar surface area (TPSA) is 72.2 Å². The van der Waals surface area contributed by atoms with Gasteiger partial charge in [-0.15, -0.1) is 21.5 Å². The quantitative estimate of drug-likeness (QED) is 0.362. The van der Waals surface area contributed by atoms with Crippen molar-refractivity contribution < 1.29 is 4.79 Å². The summed E-state index contributed by atoms with van der Waals surface area (Å²) in [5, 5.41) is 13.1. The Morgan fingerprint density at radius 3 is 2.32 bits per heavy atom. The molecule has 8 heteroatoms. The third-order valence-corrected chi connectivity index (χ3v) is 7.01. The molecule has 0 saturated carbocycles. The van der Waals surface area contributed by atoms with Crippen molar-refractivity contribution in [1.82, 2.24) is 14.8 Å². The number of benzene rings is 2. The van der Waals surface area contributed by atoms with Crippen LogP contribution in [0, 0.1) is 27.7 Å². The number of halogens is 1. The number of hydrogen-bond acceptors (Lipinski definition) is 5. The van der Waals surface area contributed by atoms with Gasteiger partial charge in [0.1, 0.15) is 17.4 Å². The zero-order valence-electron chi connectivity index (χ0n) is 19.8. The summed E-state index contributed by atoms with van der Waals surface area (Å²) in [6.45, 7) is 10.3. The molecule has 1 amide bonds. The van der Waals surface area contributed by atoms with Gasteiger partial charge in [-0.1, -0.05) is 41.4 Å². The first kappa shape index (κ1) is 23.9. The van der Waals surface area contributed by atoms with Gasteiger partial charge < -0.3 is 5.32 Å². The summed E-state index contributed by atoms with van der Waals surface area (Å²) >= 11 is 7.80. The van der Waals surface area contributed by atoms with Crippen LogP contribution >= 0.6 is 22.9 Å². The molecule has 0 atom stereocenters. The summed E-state index contributed by atoms with van der Waals surface area (Å²) in [6, 6.07) is 15.6. The standard InChI is InChI=1S/C17H15ClN4S.C9H11NO/c1-9-10(2)23-17-15(9)16(12-4-6-13(18)7-5-12)19-8-14-21-20-11(3)22(14)17;1-7-3-5-9(6-4-7)10-8(2)11/h4-7H,8H2,1-3H3;3-6H,1-2H3,(H,10,11). The van der Waals surface area contributed by atoms with E-state index in [4.69, 9.17) is 16.6 Å². The molecule has 0 unspecified atom stereocenters. The lowest BCUT2D eigenvalue weighted by atomic mass is 10.00. The molecule has 2 aromatic carbocycles. The van der Waals surface area contributed by atoms with Crippen molar-refractivity contribution in [3.63, 3.8) is 0 Å². The number of fused-ring (bicyclic) bond motifs is 3. The van der Waals surface area contributed by atoms with Crippen LogP contribution in [-0.2, 0) is 11.3 Å². The molecule has 174 valence electrons. The molecule has 0 spiro atoms. The molecule has 6 nitrogen and oxygen atoms in total. The molecule has 0 saturated heterocycles. The summed E-state index contributed by atoms with van der Waals surface area (Å²) in [6.07, 6.45) is 0. The number of rotatable bonds is 2. The molecule has 0 fully saturated rings. The zero-order chi connectivity index (χ0) is 24.4. The molecule has 2 aromatic heterocycles. The molecule has 1 N–H and O–H groups in total. The average Bonchev–Trinajstić information content (AvgIpc) is 3.24. The van der Waals surface area contributed by atoms with E-state index < -0.39 is 0 Å². The number of carbonyl (C=O) groups is 1. The Morgan fingerprint density at radius 1 is 1.00 bits per heavy atom. The highest BCUT2D eigenvalue weighted by Crippen LogP contribution is 2.36. The van der Waals surface area contributed by atoms with Crippen LogP contribution in [0.25, 0.3) is 5.00 Å². The number of nitrogens with one attached hydrogen (secondary N) is 1. The minimum atomic E-state index is -0.0335. The number of thiophene rings is 1. The Bertz CT molecular complexity index is 1370. The van der Waals surface area contributed by atoms with E-state index in [9.17, 15) is 4.79 Å². The number of aromatic nitrogens is 3. The van der Waals surface area contributed by atoms with Crippen LogP contribution in [0.5, 0.6) is 0 Å². The molecule has 4 aromatic rings. The fourth-order valence-electron chi connectivity index (χ4n) is 3.73. The third kappa shape index (κ3) is 4.95. The van der Waals surface area contributed by atoms with Gasteiger partial charge in [-0.3, -0.25) is 14.4 Å². The van der Waals surface area contributed by atoms with Gasteiger partial charge in [-0.05, 0) is 57.5 Å². The molecular weight excluding hydrogens is 466 g/mol. The smallest absolute Gasteiger partial charge is 0.221 e. The van der Waals surface area contributed by atoms with Gasteiger partial charge in [0, 0.05) is 33.6 Å². The first-order valence-electron chi connectivity index (χ1n) is 10.9. The average molecular weight is 492 g/mol. The second kappa shape index (κ2) is 9.91. The first-order chi connectivity index (χ1) is 16.2. The van der Waals surface area contributed by atoms with E-state index in [2.05, 4.69) is 33.9 Å². The Balaban J connectivity index is 0.000000210. The van der Waals surface area contributed by atoms with Crippen molar-refractivity contribution in [3.8, 4) is 5.00 Å². The highest BCUT2D eigenvalue weighted by atomic mass is 35.5. The summed E-state index contributed by atoms with van der Waals surface area (Å²) in [7, 11) is 0. The molecule has 0 bridgehead atoms. The largest absolute Gasteiger partial charge is 0.326 e. The first-order valence-corrected chi connectivity index (χ1v) is 12.1. The van der Waals surface area contributed by atoms with E-state index in [-0.39, 0.29) is 5.91 Å². The van der Waals surface area contributed by atoms with E-state index in [0.29, 0.717) is 6.54 Å². The van der Waals surface area contributed by atoms with Gasteiger partial charge in [0.15, 0.2) is 5.82 Å². The van der Waals surface area contributed by atoms with Crippen molar-refractivity contribution in [2.45, 2.75) is 41.2 Å². The number of hydrogen-bond donors (Lipinski definition) is 1. The lowest BCUT2D eigenvalue weighted by Gasteiger charge is -2.09. The molecule has 0 radical (unpaired) electrons. The van der Waals surface area contributed by atoms with Crippen LogP contribution in [0.3, 0.4) is 0 Å². The fraction of sp³-hybridized carbons (Fsp3) is 0.231. The number of nitrogens with zero attached hydrogens (tertiary/aromatic N) is 4. The Kier molecular flexibility index (Phi) is 6.95. The fourth-order valence-corrected chi connectivity index (χ4v) is 5.08. The summed E-state index contributed by atoms with van der Waals surface area (Å²) in [5.74, 6) is 1.75. The maximum absolute atomic E-state index is 10.6. The maximum Gasteiger partial charge on any atom is 0.221 e. The second-order valence-electron chi connectivity index (χ2n) is 8.18. The zero-order valence-corrected chi connectivity index (χ0v) is 21.4. The number of amides is 1. The number of anilines is 1. The normalized spacial score (nSPS) is 12.0. The van der Waals surface area contributed by atoms with Crippen molar-refractivity contribution in [2.75, 3.05) is 5.32 Å². The van der Waals surface area contributed by atoms with Crippen molar-refractivity contribution in [3.05, 3.63) is 92.3 Å². The minimum Gasteiger partial charge on any atom is -0.326 e. The molecular formula is C26H26ClN5OS. The van der Waals surface area contributed by atoms with Crippen LogP contribution in [0.2, 0.25) is 5.02 Å². The molecule has 34 heavy (non-hydrogen) atoms. The van der Waals surface area contributed by atoms with Gasteiger partial charge >= 0.3 is 0 Å². The molecule has 0 aliphatic carbocycles. The SMILES string of the molecule is CC(=O)Nc1ccc(C)cc1.Cc1sc2c(c1C)C(c1ccc(Cl)cc1)=NCc1nnc(C)n1-2.